The Morgan fingerprint density at radius 3 is 2.60 bits per heavy atom. The van der Waals surface area contributed by atoms with Gasteiger partial charge in [-0.2, -0.15) is 0 Å². The molecule has 0 spiro atoms. The van der Waals surface area contributed by atoms with Gasteiger partial charge in [-0.1, -0.05) is 52.2 Å². The molecule has 0 saturated heterocycles. The third kappa shape index (κ3) is 5.08. The van der Waals surface area contributed by atoms with Crippen molar-refractivity contribution in [2.75, 3.05) is 21.0 Å². The Labute approximate surface area is 182 Å². The first kappa shape index (κ1) is 23.3. The zero-order valence-corrected chi connectivity index (χ0v) is 19.5. The van der Waals surface area contributed by atoms with Gasteiger partial charge in [-0.15, -0.1) is 0 Å². The summed E-state index contributed by atoms with van der Waals surface area (Å²) in [7, 11) is 3.39. The van der Waals surface area contributed by atoms with Crippen LogP contribution in [0.2, 0.25) is 0 Å². The molecule has 0 aliphatic heterocycles. The molecule has 3 rings (SSSR count). The van der Waals surface area contributed by atoms with Crippen LogP contribution < -0.4 is 4.74 Å². The number of carbonyl (C=O) groups excluding carboxylic acids is 1. The smallest absolute Gasteiger partial charge is 0.146 e. The van der Waals surface area contributed by atoms with Gasteiger partial charge in [0.25, 0.3) is 0 Å². The number of unbranched alkanes of at least 4 members (excludes halogenated alkanes) is 2. The van der Waals surface area contributed by atoms with E-state index in [0.29, 0.717) is 18.1 Å². The summed E-state index contributed by atoms with van der Waals surface area (Å²) in [6, 6.07) is 6.74. The quantitative estimate of drug-likeness (QED) is 0.346. The molecule has 30 heavy (non-hydrogen) atoms. The average Bonchev–Trinajstić information content (AvgIpc) is 2.75. The molecule has 2 fully saturated rings. The van der Waals surface area contributed by atoms with Gasteiger partial charge in [0, 0.05) is 19.4 Å². The van der Waals surface area contributed by atoms with Crippen molar-refractivity contribution in [1.29, 1.82) is 0 Å². The topological polar surface area (TPSA) is 44.8 Å². The minimum atomic E-state index is 0.0165. The average molecular weight is 417 g/mol. The lowest BCUT2D eigenvalue weighted by molar-refractivity contribution is -0.147. The van der Waals surface area contributed by atoms with Gasteiger partial charge in [-0.25, -0.2) is 0 Å². The summed E-state index contributed by atoms with van der Waals surface area (Å²) in [6.45, 7) is 7.17. The van der Waals surface area contributed by atoms with Gasteiger partial charge in [0.1, 0.15) is 18.3 Å². The molecule has 0 aromatic heterocycles. The monoisotopic (exact) mass is 416 g/mol. The van der Waals surface area contributed by atoms with Crippen LogP contribution in [0.5, 0.6) is 5.75 Å². The number of methoxy groups -OCH3 is 2. The summed E-state index contributed by atoms with van der Waals surface area (Å²) < 4.78 is 16.7. The zero-order valence-electron chi connectivity index (χ0n) is 19.5. The molecule has 0 heterocycles. The van der Waals surface area contributed by atoms with Crippen LogP contribution in [-0.2, 0) is 19.7 Å². The van der Waals surface area contributed by atoms with E-state index in [1.807, 2.05) is 0 Å². The first-order valence-electron chi connectivity index (χ1n) is 11.7. The van der Waals surface area contributed by atoms with Crippen LogP contribution in [0.1, 0.15) is 89.2 Å². The minimum absolute atomic E-state index is 0.0165. The molecule has 1 aromatic carbocycles. The van der Waals surface area contributed by atoms with Crippen LogP contribution in [0.25, 0.3) is 0 Å². The second-order valence-electron chi connectivity index (χ2n) is 9.87. The molecule has 1 aromatic rings. The van der Waals surface area contributed by atoms with Crippen LogP contribution in [-0.4, -0.2) is 32.9 Å². The van der Waals surface area contributed by atoms with Gasteiger partial charge < -0.3 is 14.2 Å². The number of benzene rings is 1. The highest BCUT2D eigenvalue weighted by Gasteiger charge is 2.45. The van der Waals surface area contributed by atoms with Gasteiger partial charge >= 0.3 is 0 Å². The molecular formula is C26H40O4. The standard InChI is InChI=1S/C26H40O4/c1-6-7-8-13-26(2,3)19-10-11-20(25(15-19)29-5)21-16-23(27)22-14-18(21)9-12-24(22)30-17-28-4/h10-11,15,18,21-22,24H,6-9,12-14,16-17H2,1-5H3/t18-,21+,22+,24-/m0/s1. The van der Waals surface area contributed by atoms with Crippen LogP contribution in [0, 0.1) is 11.8 Å². The molecule has 0 radical (unpaired) electrons. The van der Waals surface area contributed by atoms with Gasteiger partial charge in [0.05, 0.1) is 13.2 Å². The third-order valence-corrected chi connectivity index (χ3v) is 7.45. The lowest BCUT2D eigenvalue weighted by atomic mass is 9.63. The van der Waals surface area contributed by atoms with Crippen molar-refractivity contribution in [3.63, 3.8) is 0 Å². The van der Waals surface area contributed by atoms with E-state index < -0.39 is 0 Å². The van der Waals surface area contributed by atoms with E-state index in [1.165, 1.54) is 36.8 Å². The molecule has 0 unspecified atom stereocenters. The summed E-state index contributed by atoms with van der Waals surface area (Å²) in [4.78, 5) is 13.0. The molecule has 2 aliphatic rings. The second kappa shape index (κ2) is 10.3. The van der Waals surface area contributed by atoms with Crippen LogP contribution in [0.3, 0.4) is 0 Å². The third-order valence-electron chi connectivity index (χ3n) is 7.45. The Balaban J connectivity index is 1.77. The van der Waals surface area contributed by atoms with E-state index in [-0.39, 0.29) is 30.1 Å². The normalized spacial score (nSPS) is 26.6. The first-order chi connectivity index (χ1) is 14.4. The predicted molar refractivity (Wildman–Crippen MR) is 120 cm³/mol. The number of ether oxygens (including phenoxy) is 3. The number of ketones is 1. The van der Waals surface area contributed by atoms with Crippen LogP contribution in [0.15, 0.2) is 18.2 Å². The summed E-state index contributed by atoms with van der Waals surface area (Å²) in [5.41, 5.74) is 2.67. The second-order valence-corrected chi connectivity index (χ2v) is 9.87. The predicted octanol–water partition coefficient (Wildman–Crippen LogP) is 6.01. The molecule has 2 bridgehead atoms. The minimum Gasteiger partial charge on any atom is -0.496 e. The van der Waals surface area contributed by atoms with E-state index in [1.54, 1.807) is 14.2 Å². The molecule has 2 aliphatic carbocycles. The van der Waals surface area contributed by atoms with Crippen molar-refractivity contribution in [2.45, 2.75) is 89.6 Å². The molecule has 0 N–H and O–H groups in total. The number of carbonyl (C=O) groups is 1. The Morgan fingerprint density at radius 2 is 1.90 bits per heavy atom. The van der Waals surface area contributed by atoms with Crippen molar-refractivity contribution >= 4 is 5.78 Å². The number of fused-ring (bicyclic) bond motifs is 2. The maximum atomic E-state index is 13.0. The highest BCUT2D eigenvalue weighted by molar-refractivity contribution is 5.84. The lowest BCUT2D eigenvalue weighted by Gasteiger charge is -2.43. The molecule has 4 heteroatoms. The molecular weight excluding hydrogens is 376 g/mol. The highest BCUT2D eigenvalue weighted by Crippen LogP contribution is 2.49. The maximum Gasteiger partial charge on any atom is 0.146 e. The molecule has 168 valence electrons. The largest absolute Gasteiger partial charge is 0.496 e. The zero-order chi connectivity index (χ0) is 21.7. The van der Waals surface area contributed by atoms with E-state index in [4.69, 9.17) is 14.2 Å². The van der Waals surface area contributed by atoms with Crippen molar-refractivity contribution in [1.82, 2.24) is 0 Å². The van der Waals surface area contributed by atoms with Crippen LogP contribution >= 0.6 is 0 Å². The fraction of sp³-hybridized carbons (Fsp3) is 0.731. The molecule has 0 amide bonds. The first-order valence-corrected chi connectivity index (χ1v) is 11.7. The van der Waals surface area contributed by atoms with Crippen molar-refractivity contribution in [3.8, 4) is 5.75 Å². The van der Waals surface area contributed by atoms with Gasteiger partial charge in [-0.05, 0) is 60.1 Å². The summed E-state index contributed by atoms with van der Waals surface area (Å²) in [6.07, 6.45) is 8.52. The summed E-state index contributed by atoms with van der Waals surface area (Å²) >= 11 is 0. The van der Waals surface area contributed by atoms with E-state index in [9.17, 15) is 4.79 Å². The highest BCUT2D eigenvalue weighted by atomic mass is 16.7. The fourth-order valence-electron chi connectivity index (χ4n) is 5.53. The van der Waals surface area contributed by atoms with Crippen molar-refractivity contribution in [3.05, 3.63) is 29.3 Å². The Kier molecular flexibility index (Phi) is 7.98. The number of hydrogen-bond donors (Lipinski definition) is 0. The number of hydrogen-bond acceptors (Lipinski definition) is 4. The van der Waals surface area contributed by atoms with Gasteiger partial charge in [0.2, 0.25) is 0 Å². The Hall–Kier alpha value is -1.39. The van der Waals surface area contributed by atoms with E-state index in [2.05, 4.69) is 39.0 Å². The SMILES string of the molecule is CCCCCC(C)(C)c1ccc([C@@H]2CC(=O)[C@H]3C[C@@H]2CC[C@@H]3OCOC)c(OC)c1. The Bertz CT molecular complexity index is 711. The summed E-state index contributed by atoms with van der Waals surface area (Å²) in [5.74, 6) is 2.09. The summed E-state index contributed by atoms with van der Waals surface area (Å²) in [5, 5.41) is 0. The molecule has 4 nitrogen and oxygen atoms in total. The van der Waals surface area contributed by atoms with Crippen molar-refractivity contribution in [2.24, 2.45) is 11.8 Å². The molecule has 2 saturated carbocycles. The number of Topliss-reactive ketones (excluding diaryl/α,β-unsaturated/α-hetero) is 1. The van der Waals surface area contributed by atoms with Gasteiger partial charge in [-0.3, -0.25) is 4.79 Å². The van der Waals surface area contributed by atoms with Crippen LogP contribution in [0.4, 0.5) is 0 Å². The number of rotatable bonds is 10. The van der Waals surface area contributed by atoms with Crippen molar-refractivity contribution < 1.29 is 19.0 Å². The lowest BCUT2D eigenvalue weighted by Crippen LogP contribution is -2.43. The fourth-order valence-corrected chi connectivity index (χ4v) is 5.53. The van der Waals surface area contributed by atoms with E-state index >= 15 is 0 Å². The Morgan fingerprint density at radius 1 is 1.10 bits per heavy atom. The maximum absolute atomic E-state index is 13.0. The van der Waals surface area contributed by atoms with Gasteiger partial charge in [0.15, 0.2) is 0 Å². The van der Waals surface area contributed by atoms with E-state index in [0.717, 1.165) is 25.0 Å². The molecule has 4 atom stereocenters.